The summed E-state index contributed by atoms with van der Waals surface area (Å²) in [6.07, 6.45) is 2.61. The average molecular weight is 381 g/mol. The lowest BCUT2D eigenvalue weighted by atomic mass is 10.1. The first-order chi connectivity index (χ1) is 13.4. The molecule has 0 radical (unpaired) electrons. The van der Waals surface area contributed by atoms with E-state index in [-0.39, 0.29) is 17.3 Å². The van der Waals surface area contributed by atoms with Gasteiger partial charge in [-0.3, -0.25) is 9.69 Å². The smallest absolute Gasteiger partial charge is 0.255 e. The Labute approximate surface area is 163 Å². The van der Waals surface area contributed by atoms with E-state index in [4.69, 9.17) is 0 Å². The third kappa shape index (κ3) is 3.49. The van der Waals surface area contributed by atoms with Crippen molar-refractivity contribution in [3.63, 3.8) is 0 Å². The van der Waals surface area contributed by atoms with Crippen molar-refractivity contribution >= 4 is 0 Å². The quantitative estimate of drug-likeness (QED) is 0.754. The Kier molecular flexibility index (Phi) is 4.85. The van der Waals surface area contributed by atoms with Crippen molar-refractivity contribution < 1.29 is 4.39 Å². The molecule has 1 aliphatic rings. The van der Waals surface area contributed by atoms with Gasteiger partial charge in [-0.15, -0.1) is 0 Å². The number of benzene rings is 1. The van der Waals surface area contributed by atoms with Crippen molar-refractivity contribution in [3.05, 3.63) is 75.0 Å². The predicted octanol–water partition coefficient (Wildman–Crippen LogP) is 3.08. The van der Waals surface area contributed by atoms with Crippen LogP contribution in [0.25, 0.3) is 5.69 Å². The largest absolute Gasteiger partial charge is 0.310 e. The van der Waals surface area contributed by atoms with E-state index in [1.165, 1.54) is 12.1 Å². The molecule has 1 aliphatic heterocycles. The minimum absolute atomic E-state index is 0.0304. The number of hydrogen-bond acceptors (Lipinski definition) is 4. The van der Waals surface area contributed by atoms with Crippen LogP contribution in [-0.2, 0) is 19.5 Å². The average Bonchev–Trinajstić information content (AvgIpc) is 3.03. The molecule has 1 N–H and O–H groups in total. The SMILES string of the molecule is Cc1c(CN2CCc3nc(C(C)C)[nH]c(=O)c3C2)cnn1-c1ccc(F)cc1. The maximum atomic E-state index is 13.2. The van der Waals surface area contributed by atoms with Gasteiger partial charge in [0.1, 0.15) is 11.6 Å². The first kappa shape index (κ1) is 18.6. The van der Waals surface area contributed by atoms with E-state index >= 15 is 0 Å². The molecule has 28 heavy (non-hydrogen) atoms. The van der Waals surface area contributed by atoms with Gasteiger partial charge in [0, 0.05) is 43.2 Å². The predicted molar refractivity (Wildman–Crippen MR) is 105 cm³/mol. The fraction of sp³-hybridized carbons (Fsp3) is 0.381. The van der Waals surface area contributed by atoms with E-state index in [0.29, 0.717) is 13.1 Å². The third-order valence-electron chi connectivity index (χ3n) is 5.29. The Bertz CT molecular complexity index is 1050. The summed E-state index contributed by atoms with van der Waals surface area (Å²) in [5.74, 6) is 0.699. The van der Waals surface area contributed by atoms with Crippen molar-refractivity contribution in [2.45, 2.75) is 46.2 Å². The summed E-state index contributed by atoms with van der Waals surface area (Å²) in [5, 5.41) is 4.46. The molecule has 0 saturated carbocycles. The number of aromatic nitrogens is 4. The fourth-order valence-corrected chi connectivity index (χ4v) is 3.59. The maximum absolute atomic E-state index is 13.2. The van der Waals surface area contributed by atoms with Crippen LogP contribution in [0.5, 0.6) is 0 Å². The van der Waals surface area contributed by atoms with Gasteiger partial charge in [0.15, 0.2) is 0 Å². The number of fused-ring (bicyclic) bond motifs is 1. The van der Waals surface area contributed by atoms with Crippen LogP contribution in [0.1, 0.15) is 48.1 Å². The lowest BCUT2D eigenvalue weighted by molar-refractivity contribution is 0.241. The normalized spacial score (nSPS) is 14.5. The van der Waals surface area contributed by atoms with E-state index in [1.54, 1.807) is 12.1 Å². The van der Waals surface area contributed by atoms with Gasteiger partial charge in [-0.2, -0.15) is 5.10 Å². The molecule has 4 rings (SSSR count). The van der Waals surface area contributed by atoms with Crippen molar-refractivity contribution in [1.82, 2.24) is 24.6 Å². The van der Waals surface area contributed by atoms with Crippen LogP contribution in [-0.4, -0.2) is 31.2 Å². The van der Waals surface area contributed by atoms with Gasteiger partial charge in [-0.05, 0) is 31.2 Å². The molecule has 0 atom stereocenters. The molecule has 0 unspecified atom stereocenters. The van der Waals surface area contributed by atoms with Crippen LogP contribution in [0.4, 0.5) is 4.39 Å². The first-order valence-electron chi connectivity index (χ1n) is 9.56. The van der Waals surface area contributed by atoms with Crippen LogP contribution in [0.2, 0.25) is 0 Å². The highest BCUT2D eigenvalue weighted by Crippen LogP contribution is 2.21. The van der Waals surface area contributed by atoms with Crippen molar-refractivity contribution in [2.75, 3.05) is 6.54 Å². The molecule has 0 spiro atoms. The van der Waals surface area contributed by atoms with E-state index in [1.807, 2.05) is 31.6 Å². The topological polar surface area (TPSA) is 66.8 Å². The van der Waals surface area contributed by atoms with E-state index in [2.05, 4.69) is 20.0 Å². The molecular weight excluding hydrogens is 357 g/mol. The third-order valence-corrected chi connectivity index (χ3v) is 5.29. The van der Waals surface area contributed by atoms with Gasteiger partial charge in [0.05, 0.1) is 23.1 Å². The zero-order chi connectivity index (χ0) is 19.8. The minimum Gasteiger partial charge on any atom is -0.310 e. The number of nitrogens with zero attached hydrogens (tertiary/aromatic N) is 4. The van der Waals surface area contributed by atoms with Gasteiger partial charge >= 0.3 is 0 Å². The Morgan fingerprint density at radius 3 is 2.71 bits per heavy atom. The lowest BCUT2D eigenvalue weighted by Gasteiger charge is -2.27. The Balaban J connectivity index is 1.54. The van der Waals surface area contributed by atoms with Gasteiger partial charge < -0.3 is 4.98 Å². The van der Waals surface area contributed by atoms with E-state index in [0.717, 1.165) is 47.0 Å². The summed E-state index contributed by atoms with van der Waals surface area (Å²) < 4.78 is 15.0. The summed E-state index contributed by atoms with van der Waals surface area (Å²) in [5.41, 5.74) is 4.59. The molecule has 7 heteroatoms. The zero-order valence-electron chi connectivity index (χ0n) is 16.4. The molecule has 1 aromatic carbocycles. The van der Waals surface area contributed by atoms with E-state index < -0.39 is 0 Å². The van der Waals surface area contributed by atoms with Crippen LogP contribution in [0, 0.1) is 12.7 Å². The summed E-state index contributed by atoms with van der Waals surface area (Å²) in [6, 6.07) is 6.30. The fourth-order valence-electron chi connectivity index (χ4n) is 3.59. The van der Waals surface area contributed by atoms with Crippen molar-refractivity contribution in [3.8, 4) is 5.69 Å². The monoisotopic (exact) mass is 381 g/mol. The van der Waals surface area contributed by atoms with Gasteiger partial charge in [-0.1, -0.05) is 13.8 Å². The molecule has 0 fully saturated rings. The molecule has 146 valence electrons. The number of hydrogen-bond donors (Lipinski definition) is 1. The highest BCUT2D eigenvalue weighted by atomic mass is 19.1. The first-order valence-corrected chi connectivity index (χ1v) is 9.56. The second-order valence-corrected chi connectivity index (χ2v) is 7.64. The lowest BCUT2D eigenvalue weighted by Crippen LogP contribution is -2.36. The molecule has 0 aliphatic carbocycles. The Morgan fingerprint density at radius 1 is 1.25 bits per heavy atom. The number of halogens is 1. The summed E-state index contributed by atoms with van der Waals surface area (Å²) in [4.78, 5) is 22.3. The van der Waals surface area contributed by atoms with Gasteiger partial charge in [-0.25, -0.2) is 14.1 Å². The molecule has 0 saturated heterocycles. The highest BCUT2D eigenvalue weighted by Gasteiger charge is 2.23. The molecule has 6 nitrogen and oxygen atoms in total. The zero-order valence-corrected chi connectivity index (χ0v) is 16.4. The molecular formula is C21H24FN5O. The van der Waals surface area contributed by atoms with Crippen LogP contribution in [0.15, 0.2) is 35.3 Å². The summed E-state index contributed by atoms with van der Waals surface area (Å²) >= 11 is 0. The number of nitrogens with one attached hydrogen (secondary N) is 1. The van der Waals surface area contributed by atoms with E-state index in [9.17, 15) is 9.18 Å². The maximum Gasteiger partial charge on any atom is 0.255 e. The van der Waals surface area contributed by atoms with Crippen LogP contribution < -0.4 is 5.56 Å². The summed E-state index contributed by atoms with van der Waals surface area (Å²) in [7, 11) is 0. The van der Waals surface area contributed by atoms with Crippen molar-refractivity contribution in [2.24, 2.45) is 0 Å². The molecule has 3 heterocycles. The second-order valence-electron chi connectivity index (χ2n) is 7.64. The molecule has 2 aromatic heterocycles. The number of H-pyrrole nitrogens is 1. The highest BCUT2D eigenvalue weighted by molar-refractivity contribution is 5.35. The van der Waals surface area contributed by atoms with Gasteiger partial charge in [0.2, 0.25) is 0 Å². The molecule has 3 aromatic rings. The van der Waals surface area contributed by atoms with Crippen molar-refractivity contribution in [1.29, 1.82) is 0 Å². The Morgan fingerprint density at radius 2 is 2.00 bits per heavy atom. The Hall–Kier alpha value is -2.80. The molecule has 0 bridgehead atoms. The van der Waals surface area contributed by atoms with Crippen LogP contribution >= 0.6 is 0 Å². The minimum atomic E-state index is -0.264. The summed E-state index contributed by atoms with van der Waals surface area (Å²) in [6.45, 7) is 8.20. The van der Waals surface area contributed by atoms with Gasteiger partial charge in [0.25, 0.3) is 5.56 Å². The number of rotatable bonds is 4. The standard InChI is InChI=1S/C21H24FN5O/c1-13(2)20-24-19-8-9-26(12-18(19)21(28)25-20)11-15-10-23-27(14(15)3)17-6-4-16(22)5-7-17/h4-7,10,13H,8-9,11-12H2,1-3H3,(H,24,25,28). The van der Waals surface area contributed by atoms with Crippen LogP contribution in [0.3, 0.4) is 0 Å². The number of aromatic amines is 1. The second kappa shape index (κ2) is 7.31. The molecule has 0 amide bonds.